The van der Waals surface area contributed by atoms with E-state index in [0.717, 1.165) is 83.5 Å². The molecule has 0 aromatic carbocycles. The fraction of sp³-hybridized carbons (Fsp3) is 1.00. The van der Waals surface area contributed by atoms with Gasteiger partial charge in [0, 0.05) is 22.7 Å². The molecule has 8 atom stereocenters. The van der Waals surface area contributed by atoms with Crippen molar-refractivity contribution in [3.8, 4) is 0 Å². The van der Waals surface area contributed by atoms with Crippen molar-refractivity contribution in [1.82, 2.24) is 0 Å². The van der Waals surface area contributed by atoms with E-state index in [1.54, 1.807) is 27.7 Å². The second-order valence-corrected chi connectivity index (χ2v) is 58.5. The zero-order valence-corrected chi connectivity index (χ0v) is 100. The molecule has 0 aromatic rings. The summed E-state index contributed by atoms with van der Waals surface area (Å²) in [4.78, 5) is 0. The molecule has 8 unspecified atom stereocenters. The molecule has 2 rings (SSSR count). The lowest BCUT2D eigenvalue weighted by molar-refractivity contribution is -0.0678. The Hall–Kier alpha value is -0.560. The van der Waals surface area contributed by atoms with Crippen molar-refractivity contribution in [3.63, 3.8) is 0 Å². The fourth-order valence-electron chi connectivity index (χ4n) is 8.34. The van der Waals surface area contributed by atoms with Crippen LogP contribution >= 0.6 is 0 Å². The zero-order chi connectivity index (χ0) is 112. The molecule has 128 heavy (non-hydrogen) atoms. The minimum atomic E-state index is -2.31. The Bertz CT molecular complexity index is 2570. The lowest BCUT2D eigenvalue weighted by atomic mass is 9.72. The van der Waals surface area contributed by atoms with Crippen LogP contribution in [0.4, 0.5) is 0 Å². The molecule has 0 amide bonds. The summed E-state index contributed by atoms with van der Waals surface area (Å²) in [5.41, 5.74) is -3.56. The molecular formula is C114H254O14. The van der Waals surface area contributed by atoms with Gasteiger partial charge in [-0.2, -0.15) is 0 Å². The molecule has 0 aliphatic heterocycles. The molecule has 2 aliphatic rings. The minimum Gasteiger partial charge on any atom is -0.396 e. The van der Waals surface area contributed by atoms with Crippen molar-refractivity contribution in [2.24, 2.45) is 92.1 Å². The summed E-state index contributed by atoms with van der Waals surface area (Å²) < 4.78 is 28.4. The molecule has 2 saturated carbocycles. The van der Waals surface area contributed by atoms with Gasteiger partial charge in [0.05, 0.1) is 70.1 Å². The second kappa shape index (κ2) is 59.8. The Morgan fingerprint density at radius 1 is 0.328 bits per heavy atom. The number of aliphatic hydroxyl groups is 14. The van der Waals surface area contributed by atoms with E-state index < -0.39 is 68.8 Å². The molecule has 0 heterocycles. The first-order chi connectivity index (χ1) is 55.8. The third-order valence-electron chi connectivity index (χ3n) is 26.0. The SMILES string of the molecule is CC(C)(C)C(C)(C)O.CC(C)(C)C(C)(C)O.CC(C)(C)C1(C)CC1.CC(C)(C)C1(C)CC1O.CC(C)(C)CC(C)(C)O.CC(C)(C)CCC(C)(C)O.CC(C)(C)CCCC(C)(C)O.CC(C)(C)CCO.CC(C)(C)CO.CC(O)C(C)(C)C.CCC(C)(O)C(C)(C)C.CCCC(C)(O)C(C)(C)C.CCCC(O)(CC)C(C)(C)C.[2H]C(C)(O)C(C)(C)C.[2H]C([2H])([2H])C(C)(O)C(C)(C)C. The largest absolute Gasteiger partial charge is 0.396 e. The van der Waals surface area contributed by atoms with E-state index in [9.17, 15) is 51.1 Å². The monoisotopic (exact) mass is 1850 g/mol. The molecule has 0 spiro atoms. The molecule has 0 bridgehead atoms. The highest BCUT2D eigenvalue weighted by Crippen LogP contribution is 2.58. The van der Waals surface area contributed by atoms with Gasteiger partial charge in [-0.1, -0.05) is 372 Å². The van der Waals surface area contributed by atoms with Crippen LogP contribution in [0.1, 0.15) is 572 Å². The van der Waals surface area contributed by atoms with Crippen LogP contribution in [0.25, 0.3) is 0 Å². The Morgan fingerprint density at radius 2 is 0.594 bits per heavy atom. The summed E-state index contributed by atoms with van der Waals surface area (Å²) in [5, 5.41) is 130. The van der Waals surface area contributed by atoms with Crippen LogP contribution < -0.4 is 0 Å². The Labute approximate surface area is 813 Å². The van der Waals surface area contributed by atoms with Gasteiger partial charge in [-0.3, -0.25) is 0 Å². The lowest BCUT2D eigenvalue weighted by Gasteiger charge is -2.39. The van der Waals surface area contributed by atoms with Crippen LogP contribution in [0.2, 0.25) is 0 Å². The van der Waals surface area contributed by atoms with Crippen molar-refractivity contribution in [1.29, 1.82) is 0 Å². The van der Waals surface area contributed by atoms with Crippen LogP contribution in [-0.4, -0.2) is 153 Å². The fourth-order valence-corrected chi connectivity index (χ4v) is 8.34. The van der Waals surface area contributed by atoms with Crippen LogP contribution in [0, 0.1) is 92.1 Å². The van der Waals surface area contributed by atoms with Gasteiger partial charge in [0.2, 0.25) is 0 Å². The van der Waals surface area contributed by atoms with Crippen LogP contribution in [0.15, 0.2) is 0 Å². The van der Waals surface area contributed by atoms with E-state index >= 15 is 0 Å². The van der Waals surface area contributed by atoms with E-state index in [4.69, 9.17) is 25.9 Å². The molecule has 14 heteroatoms. The third-order valence-corrected chi connectivity index (χ3v) is 26.0. The topological polar surface area (TPSA) is 283 Å². The van der Waals surface area contributed by atoms with Gasteiger partial charge < -0.3 is 71.5 Å². The van der Waals surface area contributed by atoms with E-state index in [0.29, 0.717) is 33.7 Å². The van der Waals surface area contributed by atoms with Gasteiger partial charge in [0.15, 0.2) is 0 Å². The predicted molar refractivity (Wildman–Crippen MR) is 572 cm³/mol. The first-order valence-corrected chi connectivity index (χ1v) is 49.6. The number of hydrogen-bond acceptors (Lipinski definition) is 14. The van der Waals surface area contributed by atoms with E-state index in [-0.39, 0.29) is 78.4 Å². The Balaban J connectivity index is -0.000000105. The van der Waals surface area contributed by atoms with Crippen molar-refractivity contribution >= 4 is 0 Å². The highest BCUT2D eigenvalue weighted by molar-refractivity contribution is 5.06. The van der Waals surface area contributed by atoms with Crippen LogP contribution in [0.5, 0.6) is 0 Å². The van der Waals surface area contributed by atoms with E-state index in [2.05, 4.69) is 222 Å². The number of hydrogen-bond donors (Lipinski definition) is 14. The summed E-state index contributed by atoms with van der Waals surface area (Å²) >= 11 is 0. The molecule has 2 aliphatic carbocycles. The van der Waals surface area contributed by atoms with Crippen molar-refractivity contribution in [2.45, 2.75) is 635 Å². The lowest BCUT2D eigenvalue weighted by Crippen LogP contribution is -2.41. The molecular weight excluding hydrogens is 1590 g/mol. The molecule has 2 fully saturated rings. The van der Waals surface area contributed by atoms with Gasteiger partial charge in [-0.05, 0) is 281 Å². The molecule has 0 saturated heterocycles. The van der Waals surface area contributed by atoms with Crippen molar-refractivity contribution in [2.75, 3.05) is 13.2 Å². The summed E-state index contributed by atoms with van der Waals surface area (Å²) in [6, 6.07) is 0. The van der Waals surface area contributed by atoms with Crippen molar-refractivity contribution in [3.05, 3.63) is 0 Å². The maximum Gasteiger partial charge on any atom is 0.0693 e. The van der Waals surface area contributed by atoms with E-state index in [1.165, 1.54) is 33.1 Å². The zero-order valence-electron chi connectivity index (χ0n) is 104. The number of rotatable bonds is 13. The maximum absolute atomic E-state index is 10.2. The average molecular weight is 1850 g/mol. The molecule has 0 radical (unpaired) electrons. The highest BCUT2D eigenvalue weighted by atomic mass is 16.3. The third kappa shape index (κ3) is 99.9. The second-order valence-electron chi connectivity index (χ2n) is 58.5. The standard InChI is InChI=1S/2C10H22O.2C9H20O.C8H16O.2C8H18O.C8H16.3C7H16O.3C6H14O.C5H12O/c1-9(2,3)7-6-8-10(4,5)11;1-6-8-10(11,7-2)9(3,4)5;1-8(2,3)6-7-9(4,5)10;1-6-7-9(5,10)8(2,3)4;1-7(2,3)8(4)5-6(8)9;1-7(2,3)6-8(4,5)9;1-6-8(5,9)7(2,3)4;1-7(2,3)8(4)5-6-8;3*1-6(2,3)7(4,5)8;1-6(2,3)4-5-7;2*1-5(7)6(2,3)4;1-5(2,3)4-6/h2*11H,6-8H2,1-5H3;2*10H,6-7H2,1-5H3;6,9H,5H2,1-4H3;2*9H,6H2,1-5H3;5-6H2,1-4H3;3*8H,1-5H3;7H,4-5H2,1-3H3;2*5,7H,1-4H3;6H,4H2,1-3H3/i;;;;;;;;4D3;;;;5D;;. The summed E-state index contributed by atoms with van der Waals surface area (Å²) in [6.07, 6.45) is 14.8. The molecule has 14 N–H and O–H groups in total. The summed E-state index contributed by atoms with van der Waals surface area (Å²) in [7, 11) is 0. The van der Waals surface area contributed by atoms with Gasteiger partial charge in [-0.25, -0.2) is 0 Å². The van der Waals surface area contributed by atoms with E-state index in [1.807, 2.05) is 194 Å². The highest BCUT2D eigenvalue weighted by Gasteiger charge is 2.56. The smallest absolute Gasteiger partial charge is 0.0693 e. The molecule has 0 aromatic heterocycles. The van der Waals surface area contributed by atoms with Gasteiger partial charge in [0.1, 0.15) is 0 Å². The Kier molecular flexibility index (Phi) is 67.8. The van der Waals surface area contributed by atoms with Gasteiger partial charge >= 0.3 is 0 Å². The first kappa shape index (κ1) is 145. The summed E-state index contributed by atoms with van der Waals surface area (Å²) in [6.45, 7) is 131. The normalized spacial score (nSPS) is 19.1. The molecule has 794 valence electrons. The van der Waals surface area contributed by atoms with Crippen LogP contribution in [-0.2, 0) is 0 Å². The van der Waals surface area contributed by atoms with Gasteiger partial charge in [0.25, 0.3) is 0 Å². The quantitative estimate of drug-likeness (QED) is 0.0817. The predicted octanol–water partition coefficient (Wildman–Crippen LogP) is 30.8. The molecule has 14 nitrogen and oxygen atoms in total. The number of aliphatic hydroxyl groups excluding tert-OH is 4. The van der Waals surface area contributed by atoms with Crippen LogP contribution in [0.3, 0.4) is 0 Å². The Morgan fingerprint density at radius 3 is 0.641 bits per heavy atom. The first-order valence-electron chi connectivity index (χ1n) is 51.6. The summed E-state index contributed by atoms with van der Waals surface area (Å²) in [5.74, 6) is 0. The van der Waals surface area contributed by atoms with Gasteiger partial charge in [-0.15, -0.1) is 0 Å². The average Bonchev–Trinajstić information content (AvgIpc) is 1.59. The van der Waals surface area contributed by atoms with Crippen molar-refractivity contribution < 1.29 is 77.0 Å². The minimum absolute atomic E-state index is 0.00174. The maximum atomic E-state index is 10.2.